The van der Waals surface area contributed by atoms with Crippen LogP contribution in [-0.4, -0.2) is 41.4 Å². The number of para-hydroxylation sites is 1. The minimum Gasteiger partial charge on any atom is -0.494 e. The first-order chi connectivity index (χ1) is 14.2. The van der Waals surface area contributed by atoms with Crippen LogP contribution in [0.25, 0.3) is 5.69 Å². The second-order valence-corrected chi connectivity index (χ2v) is 7.03. The molecule has 2 heterocycles. The molecule has 0 bridgehead atoms. The summed E-state index contributed by atoms with van der Waals surface area (Å²) < 4.78 is 13.5. The van der Waals surface area contributed by atoms with Gasteiger partial charge < -0.3 is 24.0 Å². The molecule has 1 aliphatic heterocycles. The lowest BCUT2D eigenvalue weighted by Crippen LogP contribution is -2.54. The number of hydrogen-bond acceptors (Lipinski definition) is 4. The standard InChI is InChI=1S/C23H24N2O4/c1-2-14-28-17-8-10-18(11-9-17)29-19-15-25(16-19)21-7-5-6-20(23(26)27)22(21)24-12-3-4-13-24/h3-13,19H,2,14-16H2,1H3,(H,26,27). The summed E-state index contributed by atoms with van der Waals surface area (Å²) in [7, 11) is 0. The predicted octanol–water partition coefficient (Wildman–Crippen LogP) is 4.23. The molecule has 0 spiro atoms. The maximum atomic E-state index is 11.7. The Morgan fingerprint density at radius 3 is 2.38 bits per heavy atom. The molecule has 6 heteroatoms. The number of carboxylic acids is 1. The molecule has 0 saturated carbocycles. The van der Waals surface area contributed by atoms with Gasteiger partial charge in [0, 0.05) is 12.4 Å². The molecule has 150 valence electrons. The second kappa shape index (κ2) is 8.31. The van der Waals surface area contributed by atoms with Crippen LogP contribution in [0.5, 0.6) is 11.5 Å². The van der Waals surface area contributed by atoms with E-state index in [0.29, 0.717) is 25.4 Å². The van der Waals surface area contributed by atoms with Gasteiger partial charge in [-0.2, -0.15) is 0 Å². The first-order valence-corrected chi connectivity index (χ1v) is 9.80. The average molecular weight is 392 g/mol. The zero-order valence-corrected chi connectivity index (χ0v) is 16.3. The van der Waals surface area contributed by atoms with Gasteiger partial charge in [-0.15, -0.1) is 0 Å². The average Bonchev–Trinajstić information content (AvgIpc) is 3.23. The Morgan fingerprint density at radius 2 is 1.72 bits per heavy atom. The fourth-order valence-corrected chi connectivity index (χ4v) is 3.45. The lowest BCUT2D eigenvalue weighted by molar-refractivity contribution is 0.0697. The van der Waals surface area contributed by atoms with Gasteiger partial charge in [0.25, 0.3) is 0 Å². The van der Waals surface area contributed by atoms with Crippen LogP contribution in [0.15, 0.2) is 67.0 Å². The molecule has 1 fully saturated rings. The Morgan fingerprint density at radius 1 is 1.03 bits per heavy atom. The normalized spacial score (nSPS) is 13.8. The summed E-state index contributed by atoms with van der Waals surface area (Å²) >= 11 is 0. The van der Waals surface area contributed by atoms with Crippen LogP contribution in [0.2, 0.25) is 0 Å². The summed E-state index contributed by atoms with van der Waals surface area (Å²) in [6, 6.07) is 16.8. The fourth-order valence-electron chi connectivity index (χ4n) is 3.45. The van der Waals surface area contributed by atoms with E-state index >= 15 is 0 Å². The molecule has 1 N–H and O–H groups in total. The largest absolute Gasteiger partial charge is 0.494 e. The smallest absolute Gasteiger partial charge is 0.337 e. The Hall–Kier alpha value is -3.41. The van der Waals surface area contributed by atoms with Crippen molar-refractivity contribution in [1.82, 2.24) is 4.57 Å². The van der Waals surface area contributed by atoms with Gasteiger partial charge in [-0.3, -0.25) is 0 Å². The summed E-state index contributed by atoms with van der Waals surface area (Å²) in [5.41, 5.74) is 1.86. The summed E-state index contributed by atoms with van der Waals surface area (Å²) in [6.45, 7) is 4.18. The van der Waals surface area contributed by atoms with Crippen LogP contribution < -0.4 is 14.4 Å². The van der Waals surface area contributed by atoms with Gasteiger partial charge in [-0.25, -0.2) is 4.79 Å². The highest BCUT2D eigenvalue weighted by molar-refractivity contribution is 5.95. The fraction of sp³-hybridized carbons (Fsp3) is 0.261. The van der Waals surface area contributed by atoms with Crippen molar-refractivity contribution in [2.75, 3.05) is 24.6 Å². The number of benzene rings is 2. The Kier molecular flexibility index (Phi) is 5.42. The molecule has 29 heavy (non-hydrogen) atoms. The van der Waals surface area contributed by atoms with Crippen LogP contribution >= 0.6 is 0 Å². The van der Waals surface area contributed by atoms with Crippen LogP contribution in [-0.2, 0) is 0 Å². The molecule has 0 atom stereocenters. The number of anilines is 1. The molecule has 3 aromatic rings. The van der Waals surface area contributed by atoms with Crippen molar-refractivity contribution in [2.24, 2.45) is 0 Å². The molecule has 0 unspecified atom stereocenters. The number of carbonyl (C=O) groups is 1. The summed E-state index contributed by atoms with van der Waals surface area (Å²) in [5.74, 6) is 0.717. The van der Waals surface area contributed by atoms with Crippen molar-refractivity contribution < 1.29 is 19.4 Å². The van der Waals surface area contributed by atoms with E-state index in [1.165, 1.54) is 0 Å². The van der Waals surface area contributed by atoms with Crippen molar-refractivity contribution in [1.29, 1.82) is 0 Å². The Bertz CT molecular complexity index is 961. The molecule has 0 radical (unpaired) electrons. The summed E-state index contributed by atoms with van der Waals surface area (Å²) in [6.07, 6.45) is 4.76. The topological polar surface area (TPSA) is 63.9 Å². The monoisotopic (exact) mass is 392 g/mol. The third-order valence-electron chi connectivity index (χ3n) is 4.90. The molecule has 0 aliphatic carbocycles. The van der Waals surface area contributed by atoms with Crippen LogP contribution in [0.4, 0.5) is 5.69 Å². The van der Waals surface area contributed by atoms with E-state index in [1.807, 2.05) is 59.4 Å². The third kappa shape index (κ3) is 4.06. The molecule has 4 rings (SSSR count). The lowest BCUT2D eigenvalue weighted by atomic mass is 10.1. The van der Waals surface area contributed by atoms with Crippen molar-refractivity contribution in [3.63, 3.8) is 0 Å². The zero-order valence-electron chi connectivity index (χ0n) is 16.3. The minimum absolute atomic E-state index is 0.0587. The molecule has 1 saturated heterocycles. The van der Waals surface area contributed by atoms with E-state index in [2.05, 4.69) is 11.8 Å². The number of hydrogen-bond donors (Lipinski definition) is 1. The highest BCUT2D eigenvalue weighted by Crippen LogP contribution is 2.32. The van der Waals surface area contributed by atoms with E-state index < -0.39 is 5.97 Å². The Balaban J connectivity index is 1.45. The van der Waals surface area contributed by atoms with Crippen molar-refractivity contribution >= 4 is 11.7 Å². The molecular weight excluding hydrogens is 368 g/mol. The maximum absolute atomic E-state index is 11.7. The van der Waals surface area contributed by atoms with Gasteiger partial charge in [-0.05, 0) is 55.0 Å². The summed E-state index contributed by atoms with van der Waals surface area (Å²) in [5, 5.41) is 9.62. The van der Waals surface area contributed by atoms with Crippen molar-refractivity contribution in [3.8, 4) is 17.2 Å². The molecule has 6 nitrogen and oxygen atoms in total. The highest BCUT2D eigenvalue weighted by Gasteiger charge is 2.31. The van der Waals surface area contributed by atoms with E-state index in [4.69, 9.17) is 9.47 Å². The van der Waals surface area contributed by atoms with Gasteiger partial charge in [-0.1, -0.05) is 13.0 Å². The van der Waals surface area contributed by atoms with Gasteiger partial charge in [0.1, 0.15) is 17.6 Å². The van der Waals surface area contributed by atoms with Gasteiger partial charge in [0.05, 0.1) is 36.6 Å². The highest BCUT2D eigenvalue weighted by atomic mass is 16.5. The van der Waals surface area contributed by atoms with Gasteiger partial charge >= 0.3 is 5.97 Å². The van der Waals surface area contributed by atoms with Crippen molar-refractivity contribution in [2.45, 2.75) is 19.4 Å². The third-order valence-corrected chi connectivity index (χ3v) is 4.90. The first kappa shape index (κ1) is 18.9. The molecule has 1 aromatic heterocycles. The Labute approximate surface area is 169 Å². The van der Waals surface area contributed by atoms with E-state index in [9.17, 15) is 9.90 Å². The van der Waals surface area contributed by atoms with Crippen LogP contribution in [0.3, 0.4) is 0 Å². The number of aromatic carboxylic acids is 1. The number of nitrogens with zero attached hydrogens (tertiary/aromatic N) is 2. The first-order valence-electron chi connectivity index (χ1n) is 9.80. The molecule has 2 aromatic carbocycles. The maximum Gasteiger partial charge on any atom is 0.337 e. The van der Waals surface area contributed by atoms with Gasteiger partial charge in [0.15, 0.2) is 0 Å². The number of rotatable bonds is 8. The van der Waals surface area contributed by atoms with E-state index in [-0.39, 0.29) is 11.7 Å². The number of aromatic nitrogens is 1. The molecule has 1 aliphatic rings. The van der Waals surface area contributed by atoms with Crippen LogP contribution in [0, 0.1) is 0 Å². The predicted molar refractivity (Wildman–Crippen MR) is 112 cm³/mol. The number of carboxylic acid groups (broad SMARTS) is 1. The second-order valence-electron chi connectivity index (χ2n) is 7.03. The molecule has 0 amide bonds. The summed E-state index contributed by atoms with van der Waals surface area (Å²) in [4.78, 5) is 13.9. The zero-order chi connectivity index (χ0) is 20.2. The SMILES string of the molecule is CCCOc1ccc(OC2CN(c3cccc(C(=O)O)c3-n3cccc3)C2)cc1. The minimum atomic E-state index is -0.936. The molecular formula is C23H24N2O4. The van der Waals surface area contributed by atoms with E-state index in [1.54, 1.807) is 12.1 Å². The van der Waals surface area contributed by atoms with E-state index in [0.717, 1.165) is 23.6 Å². The number of ether oxygens (including phenoxy) is 2. The van der Waals surface area contributed by atoms with Crippen LogP contribution in [0.1, 0.15) is 23.7 Å². The van der Waals surface area contributed by atoms with Gasteiger partial charge in [0.2, 0.25) is 0 Å². The van der Waals surface area contributed by atoms with Crippen molar-refractivity contribution in [3.05, 3.63) is 72.6 Å². The quantitative estimate of drug-likeness (QED) is 0.621. The lowest BCUT2D eigenvalue weighted by Gasteiger charge is -2.41.